The van der Waals surface area contributed by atoms with Gasteiger partial charge in [-0.3, -0.25) is 0 Å². The van der Waals surface area contributed by atoms with Crippen LogP contribution in [0.3, 0.4) is 0 Å². The molecule has 0 saturated heterocycles. The van der Waals surface area contributed by atoms with Crippen molar-refractivity contribution < 1.29 is 0 Å². The van der Waals surface area contributed by atoms with E-state index in [1.807, 2.05) is 0 Å². The smallest absolute Gasteiger partial charge is 0.0234 e. The summed E-state index contributed by atoms with van der Waals surface area (Å²) in [6, 6.07) is 10.9. The molecule has 0 heterocycles. The zero-order chi connectivity index (χ0) is 11.5. The minimum absolute atomic E-state index is 0.323. The van der Waals surface area contributed by atoms with Gasteiger partial charge in [0.25, 0.3) is 0 Å². The van der Waals surface area contributed by atoms with Crippen LogP contribution in [-0.4, -0.2) is 3.42 Å². The molecular formula is C14H21I. The highest BCUT2D eigenvalue weighted by Gasteiger charge is 2.28. The second kappa shape index (κ2) is 5.33. The zero-order valence-corrected chi connectivity index (χ0v) is 12.3. The molecule has 0 aliphatic rings. The highest BCUT2D eigenvalue weighted by Crippen LogP contribution is 2.39. The molecule has 1 unspecified atom stereocenters. The average Bonchev–Trinajstić information content (AvgIpc) is 2.14. The Morgan fingerprint density at radius 1 is 1.13 bits per heavy atom. The van der Waals surface area contributed by atoms with Gasteiger partial charge < -0.3 is 0 Å². The van der Waals surface area contributed by atoms with E-state index >= 15 is 0 Å². The Morgan fingerprint density at radius 3 is 2.07 bits per heavy atom. The van der Waals surface area contributed by atoms with Crippen LogP contribution in [0.25, 0.3) is 0 Å². The van der Waals surface area contributed by atoms with Gasteiger partial charge >= 0.3 is 0 Å². The predicted molar refractivity (Wildman–Crippen MR) is 76.7 cm³/mol. The van der Waals surface area contributed by atoms with Crippen molar-refractivity contribution in [2.24, 2.45) is 5.92 Å². The summed E-state index contributed by atoms with van der Waals surface area (Å²) in [7, 11) is 0. The van der Waals surface area contributed by atoms with Gasteiger partial charge in [0.05, 0.1) is 0 Å². The van der Waals surface area contributed by atoms with E-state index in [1.165, 1.54) is 12.0 Å². The number of alkyl halides is 1. The molecule has 0 amide bonds. The third kappa shape index (κ3) is 4.13. The Morgan fingerprint density at radius 2 is 1.67 bits per heavy atom. The van der Waals surface area contributed by atoms with Crippen LogP contribution in [0, 0.1) is 5.92 Å². The van der Waals surface area contributed by atoms with Crippen molar-refractivity contribution in [1.29, 1.82) is 0 Å². The molecule has 0 spiro atoms. The Balaban J connectivity index is 2.92. The number of benzene rings is 1. The molecule has 1 aromatic carbocycles. The first kappa shape index (κ1) is 13.0. The van der Waals surface area contributed by atoms with Crippen LogP contribution in [0.15, 0.2) is 30.3 Å². The van der Waals surface area contributed by atoms with Crippen LogP contribution in [0.5, 0.6) is 0 Å². The maximum Gasteiger partial charge on any atom is 0.0234 e. The Bertz CT molecular complexity index is 282. The second-order valence-electron chi connectivity index (χ2n) is 5.16. The molecule has 1 heteroatoms. The van der Waals surface area contributed by atoms with Gasteiger partial charge in [-0.1, -0.05) is 80.6 Å². The van der Waals surface area contributed by atoms with E-state index in [4.69, 9.17) is 0 Å². The van der Waals surface area contributed by atoms with E-state index in [2.05, 4.69) is 80.6 Å². The lowest BCUT2D eigenvalue weighted by atomic mass is 9.82. The molecule has 0 aliphatic carbocycles. The fraction of sp³-hybridized carbons (Fsp3) is 0.571. The monoisotopic (exact) mass is 316 g/mol. The Labute approximate surface area is 108 Å². The highest BCUT2D eigenvalue weighted by molar-refractivity contribution is 14.1. The third-order valence-corrected chi connectivity index (χ3v) is 3.49. The molecule has 0 aromatic heterocycles. The van der Waals surface area contributed by atoms with Gasteiger partial charge in [-0.25, -0.2) is 0 Å². The molecule has 1 atom stereocenters. The van der Waals surface area contributed by atoms with Gasteiger partial charge in [0.1, 0.15) is 0 Å². The van der Waals surface area contributed by atoms with Crippen molar-refractivity contribution in [3.05, 3.63) is 35.9 Å². The summed E-state index contributed by atoms with van der Waals surface area (Å²) in [5.41, 5.74) is 1.48. The van der Waals surface area contributed by atoms with E-state index < -0.39 is 0 Å². The first-order chi connectivity index (χ1) is 6.91. The van der Waals surface area contributed by atoms with Crippen LogP contribution < -0.4 is 0 Å². The molecule has 15 heavy (non-hydrogen) atoms. The highest BCUT2D eigenvalue weighted by atomic mass is 127. The standard InChI is InChI=1S/C14H21I/c1-11(2)10-13(14(3,4)15)12-8-6-5-7-9-12/h5-9,11,13H,10H2,1-4H3. The zero-order valence-electron chi connectivity index (χ0n) is 10.1. The molecule has 0 saturated carbocycles. The summed E-state index contributed by atoms with van der Waals surface area (Å²) in [5.74, 6) is 1.41. The van der Waals surface area contributed by atoms with E-state index in [1.54, 1.807) is 0 Å². The first-order valence-corrected chi connectivity index (χ1v) is 6.73. The minimum Gasteiger partial charge on any atom is -0.0788 e. The summed E-state index contributed by atoms with van der Waals surface area (Å²) in [6.07, 6.45) is 1.26. The summed E-state index contributed by atoms with van der Waals surface area (Å²) in [6.45, 7) is 9.26. The quantitative estimate of drug-likeness (QED) is 0.540. The van der Waals surface area contributed by atoms with Crippen LogP contribution in [0.1, 0.15) is 45.6 Å². The fourth-order valence-electron chi connectivity index (χ4n) is 1.97. The van der Waals surface area contributed by atoms with E-state index in [-0.39, 0.29) is 0 Å². The molecule has 1 rings (SSSR count). The molecule has 0 bridgehead atoms. The van der Waals surface area contributed by atoms with Gasteiger partial charge in [0.15, 0.2) is 0 Å². The number of halogens is 1. The maximum atomic E-state index is 2.58. The van der Waals surface area contributed by atoms with Gasteiger partial charge in [-0.05, 0) is 23.8 Å². The molecule has 0 radical (unpaired) electrons. The van der Waals surface area contributed by atoms with Crippen LogP contribution >= 0.6 is 22.6 Å². The topological polar surface area (TPSA) is 0 Å². The van der Waals surface area contributed by atoms with Crippen molar-refractivity contribution in [2.75, 3.05) is 0 Å². The Kier molecular flexibility index (Phi) is 4.63. The minimum atomic E-state index is 0.323. The van der Waals surface area contributed by atoms with Crippen molar-refractivity contribution in [1.82, 2.24) is 0 Å². The van der Waals surface area contributed by atoms with Gasteiger partial charge in [-0.15, -0.1) is 0 Å². The Hall–Kier alpha value is -0.0500. The summed E-state index contributed by atoms with van der Waals surface area (Å²) >= 11 is 2.58. The van der Waals surface area contributed by atoms with Gasteiger partial charge in [-0.2, -0.15) is 0 Å². The van der Waals surface area contributed by atoms with E-state index in [0.717, 1.165) is 5.92 Å². The van der Waals surface area contributed by atoms with Crippen LogP contribution in [0.4, 0.5) is 0 Å². The SMILES string of the molecule is CC(C)CC(c1ccccc1)C(C)(C)I. The lowest BCUT2D eigenvalue weighted by Gasteiger charge is -2.31. The molecule has 0 nitrogen and oxygen atoms in total. The molecule has 0 N–H and O–H groups in total. The van der Waals surface area contributed by atoms with Crippen LogP contribution in [0.2, 0.25) is 0 Å². The van der Waals surface area contributed by atoms with Gasteiger partial charge in [0.2, 0.25) is 0 Å². The van der Waals surface area contributed by atoms with Crippen molar-refractivity contribution in [3.63, 3.8) is 0 Å². The van der Waals surface area contributed by atoms with Crippen LogP contribution in [-0.2, 0) is 0 Å². The number of hydrogen-bond acceptors (Lipinski definition) is 0. The van der Waals surface area contributed by atoms with E-state index in [0.29, 0.717) is 9.34 Å². The lowest BCUT2D eigenvalue weighted by molar-refractivity contribution is 0.448. The molecule has 0 aliphatic heterocycles. The van der Waals surface area contributed by atoms with E-state index in [9.17, 15) is 0 Å². The predicted octanol–water partition coefficient (Wildman–Crippen LogP) is 5.03. The lowest BCUT2D eigenvalue weighted by Crippen LogP contribution is -2.23. The average molecular weight is 316 g/mol. The summed E-state index contributed by atoms with van der Waals surface area (Å²) < 4.78 is 0.323. The van der Waals surface area contributed by atoms with Crippen molar-refractivity contribution in [3.8, 4) is 0 Å². The number of hydrogen-bond donors (Lipinski definition) is 0. The third-order valence-electron chi connectivity index (χ3n) is 2.74. The normalized spacial score (nSPS) is 14.3. The van der Waals surface area contributed by atoms with Crippen molar-refractivity contribution >= 4 is 22.6 Å². The second-order valence-corrected chi connectivity index (χ2v) is 7.94. The molecule has 1 aromatic rings. The summed E-state index contributed by atoms with van der Waals surface area (Å²) in [5, 5.41) is 0. The fourth-order valence-corrected chi connectivity index (χ4v) is 2.58. The number of rotatable bonds is 4. The van der Waals surface area contributed by atoms with Crippen molar-refractivity contribution in [2.45, 2.75) is 43.5 Å². The largest absolute Gasteiger partial charge is 0.0788 e. The molecular weight excluding hydrogens is 295 g/mol. The maximum absolute atomic E-state index is 2.58. The molecule has 0 fully saturated rings. The molecule has 84 valence electrons. The first-order valence-electron chi connectivity index (χ1n) is 5.65. The summed E-state index contributed by atoms with van der Waals surface area (Å²) in [4.78, 5) is 0. The van der Waals surface area contributed by atoms with Gasteiger partial charge in [0, 0.05) is 3.42 Å².